The number of pyridine rings is 1. The Kier molecular flexibility index (Phi) is 6.45. The zero-order chi connectivity index (χ0) is 20.8. The van der Waals surface area contributed by atoms with Crippen molar-refractivity contribution in [3.63, 3.8) is 0 Å². The van der Waals surface area contributed by atoms with Gasteiger partial charge in [-0.25, -0.2) is 9.78 Å². The van der Waals surface area contributed by atoms with Crippen molar-refractivity contribution >= 4 is 17.6 Å². The van der Waals surface area contributed by atoms with E-state index in [0.717, 1.165) is 5.82 Å². The summed E-state index contributed by atoms with van der Waals surface area (Å²) < 4.78 is 0. The van der Waals surface area contributed by atoms with Gasteiger partial charge < -0.3 is 15.1 Å². The Morgan fingerprint density at radius 3 is 2.31 bits per heavy atom. The zero-order valence-corrected chi connectivity index (χ0v) is 16.7. The highest BCUT2D eigenvalue weighted by atomic mass is 16.2. The van der Waals surface area contributed by atoms with Crippen molar-refractivity contribution in [2.24, 2.45) is 5.92 Å². The third-order valence-electron chi connectivity index (χ3n) is 5.07. The average Bonchev–Trinajstić information content (AvgIpc) is 2.77. The van der Waals surface area contributed by atoms with Crippen molar-refractivity contribution in [1.82, 2.24) is 15.2 Å². The molecule has 1 fully saturated rings. The molecule has 1 aromatic carbocycles. The molecule has 1 atom stereocenters. The maximum atomic E-state index is 12.9. The number of nitrogens with zero attached hydrogens (tertiary/aromatic N) is 4. The Labute approximate surface area is 171 Å². The van der Waals surface area contributed by atoms with Gasteiger partial charge in [-0.3, -0.25) is 4.79 Å². The smallest absolute Gasteiger partial charge is 0.318 e. The van der Waals surface area contributed by atoms with Crippen LogP contribution < -0.4 is 10.2 Å². The van der Waals surface area contributed by atoms with E-state index in [1.54, 1.807) is 35.4 Å². The molecular weight excluding hydrogens is 366 g/mol. The zero-order valence-electron chi connectivity index (χ0n) is 16.7. The van der Waals surface area contributed by atoms with Crippen LogP contribution in [0.15, 0.2) is 48.7 Å². The van der Waals surface area contributed by atoms with Crippen LogP contribution >= 0.6 is 0 Å². The van der Waals surface area contributed by atoms with Gasteiger partial charge in [0.15, 0.2) is 5.78 Å². The summed E-state index contributed by atoms with van der Waals surface area (Å²) >= 11 is 0. The number of nitriles is 1. The number of Topliss-reactive ketones (excluding diaryl/α,β-unsaturated/α-hetero) is 1. The van der Waals surface area contributed by atoms with Crippen molar-refractivity contribution in [2.45, 2.75) is 19.9 Å². The summed E-state index contributed by atoms with van der Waals surface area (Å²) in [5.74, 6) is 0.700. The van der Waals surface area contributed by atoms with Crippen LogP contribution in [0.25, 0.3) is 0 Å². The minimum atomic E-state index is -0.621. The topological polar surface area (TPSA) is 89.3 Å². The Morgan fingerprint density at radius 2 is 1.76 bits per heavy atom. The number of anilines is 1. The summed E-state index contributed by atoms with van der Waals surface area (Å²) in [6.07, 6.45) is 1.76. The van der Waals surface area contributed by atoms with Crippen LogP contribution in [-0.4, -0.2) is 53.9 Å². The van der Waals surface area contributed by atoms with Crippen molar-refractivity contribution in [1.29, 1.82) is 5.26 Å². The molecule has 1 aliphatic rings. The number of hydrogen-bond acceptors (Lipinski definition) is 5. The van der Waals surface area contributed by atoms with Crippen molar-refractivity contribution in [3.8, 4) is 6.07 Å². The number of rotatable bonds is 5. The quantitative estimate of drug-likeness (QED) is 0.792. The molecule has 0 aliphatic carbocycles. The first-order chi connectivity index (χ1) is 14.0. The van der Waals surface area contributed by atoms with Gasteiger partial charge in [-0.2, -0.15) is 5.26 Å². The molecule has 0 bridgehead atoms. The first kappa shape index (κ1) is 20.3. The maximum absolute atomic E-state index is 12.9. The van der Waals surface area contributed by atoms with Gasteiger partial charge in [-0.05, 0) is 30.2 Å². The highest BCUT2D eigenvalue weighted by molar-refractivity contribution is 6.02. The van der Waals surface area contributed by atoms with E-state index in [1.165, 1.54) is 0 Å². The van der Waals surface area contributed by atoms with Crippen LogP contribution in [0.2, 0.25) is 0 Å². The summed E-state index contributed by atoms with van der Waals surface area (Å²) in [7, 11) is 0. The van der Waals surface area contributed by atoms with Crippen molar-refractivity contribution in [3.05, 3.63) is 59.8 Å². The monoisotopic (exact) mass is 391 g/mol. The molecule has 7 nitrogen and oxygen atoms in total. The first-order valence-electron chi connectivity index (χ1n) is 9.75. The second-order valence-electron chi connectivity index (χ2n) is 7.39. The molecule has 150 valence electrons. The normalized spacial score (nSPS) is 15.0. The largest absolute Gasteiger partial charge is 0.353 e. The highest BCUT2D eigenvalue weighted by Crippen LogP contribution is 2.15. The Bertz CT molecular complexity index is 882. The molecule has 1 unspecified atom stereocenters. The van der Waals surface area contributed by atoms with Crippen LogP contribution in [-0.2, 0) is 0 Å². The van der Waals surface area contributed by atoms with E-state index in [-0.39, 0.29) is 17.7 Å². The molecular formula is C22H25N5O2. The Balaban J connectivity index is 1.61. The van der Waals surface area contributed by atoms with E-state index in [1.807, 2.05) is 38.1 Å². The maximum Gasteiger partial charge on any atom is 0.318 e. The van der Waals surface area contributed by atoms with E-state index in [4.69, 9.17) is 5.26 Å². The number of ketones is 1. The molecule has 1 aliphatic heterocycles. The van der Waals surface area contributed by atoms with E-state index in [0.29, 0.717) is 37.3 Å². The molecule has 1 N–H and O–H groups in total. The number of amides is 2. The van der Waals surface area contributed by atoms with E-state index in [2.05, 4.69) is 15.2 Å². The van der Waals surface area contributed by atoms with Gasteiger partial charge in [0.2, 0.25) is 0 Å². The molecule has 2 heterocycles. The van der Waals surface area contributed by atoms with Gasteiger partial charge >= 0.3 is 6.03 Å². The highest BCUT2D eigenvalue weighted by Gasteiger charge is 2.29. The lowest BCUT2D eigenvalue weighted by molar-refractivity contribution is 0.0913. The lowest BCUT2D eigenvalue weighted by atomic mass is 9.94. The van der Waals surface area contributed by atoms with E-state index < -0.39 is 6.04 Å². The number of hydrogen-bond donors (Lipinski definition) is 1. The van der Waals surface area contributed by atoms with Gasteiger partial charge in [-0.1, -0.05) is 32.0 Å². The number of carbonyl (C=O) groups excluding carboxylic acids is 2. The molecule has 2 aromatic rings. The molecule has 0 saturated carbocycles. The van der Waals surface area contributed by atoms with Crippen molar-refractivity contribution in [2.75, 3.05) is 31.1 Å². The van der Waals surface area contributed by atoms with Gasteiger partial charge in [0.05, 0.1) is 17.7 Å². The average molecular weight is 391 g/mol. The molecule has 3 rings (SSSR count). The van der Waals surface area contributed by atoms with Crippen LogP contribution in [0.3, 0.4) is 0 Å². The molecule has 1 saturated heterocycles. The second kappa shape index (κ2) is 9.20. The third-order valence-corrected chi connectivity index (χ3v) is 5.07. The molecule has 1 aromatic heterocycles. The number of urea groups is 1. The third kappa shape index (κ3) is 4.91. The molecule has 0 spiro atoms. The SMILES string of the molecule is CC(C)C(NC(=O)N1CCN(c2ccccn2)CC1)C(=O)c1ccc(C#N)cc1. The molecule has 0 radical (unpaired) electrons. The molecule has 2 amide bonds. The summed E-state index contributed by atoms with van der Waals surface area (Å²) in [6.45, 7) is 6.34. The Morgan fingerprint density at radius 1 is 1.07 bits per heavy atom. The fourth-order valence-corrected chi connectivity index (χ4v) is 3.33. The molecule has 29 heavy (non-hydrogen) atoms. The minimum absolute atomic E-state index is 0.0584. The summed E-state index contributed by atoms with van der Waals surface area (Å²) in [5, 5.41) is 11.8. The first-order valence-corrected chi connectivity index (χ1v) is 9.75. The number of carbonyl (C=O) groups is 2. The number of benzene rings is 1. The predicted octanol–water partition coefficient (Wildman–Crippen LogP) is 2.69. The van der Waals surface area contributed by atoms with E-state index >= 15 is 0 Å². The molecule has 7 heteroatoms. The fourth-order valence-electron chi connectivity index (χ4n) is 3.33. The lowest BCUT2D eigenvalue weighted by Gasteiger charge is -2.36. The fraction of sp³-hybridized carbons (Fsp3) is 0.364. The van der Waals surface area contributed by atoms with Crippen LogP contribution in [0.1, 0.15) is 29.8 Å². The van der Waals surface area contributed by atoms with Gasteiger partial charge in [0.25, 0.3) is 0 Å². The predicted molar refractivity (Wildman–Crippen MR) is 111 cm³/mol. The lowest BCUT2D eigenvalue weighted by Crippen LogP contribution is -2.55. The van der Waals surface area contributed by atoms with Gasteiger partial charge in [-0.15, -0.1) is 0 Å². The minimum Gasteiger partial charge on any atom is -0.353 e. The van der Waals surface area contributed by atoms with Crippen LogP contribution in [0.5, 0.6) is 0 Å². The standard InChI is InChI=1S/C22H25N5O2/c1-16(2)20(21(28)18-8-6-17(15-23)7-9-18)25-22(29)27-13-11-26(12-14-27)19-5-3-4-10-24-19/h3-10,16,20H,11-14H2,1-2H3,(H,25,29). The van der Waals surface area contributed by atoms with Crippen LogP contribution in [0.4, 0.5) is 10.6 Å². The Hall–Kier alpha value is -3.40. The van der Waals surface area contributed by atoms with E-state index in [9.17, 15) is 9.59 Å². The summed E-state index contributed by atoms with van der Waals surface area (Å²) in [5.41, 5.74) is 0.987. The van der Waals surface area contributed by atoms with Crippen molar-refractivity contribution < 1.29 is 9.59 Å². The summed E-state index contributed by atoms with van der Waals surface area (Å²) in [6, 6.07) is 13.5. The summed E-state index contributed by atoms with van der Waals surface area (Å²) in [4.78, 5) is 33.9. The van der Waals surface area contributed by atoms with Crippen LogP contribution in [0, 0.1) is 17.2 Å². The van der Waals surface area contributed by atoms with Gasteiger partial charge in [0, 0.05) is 37.9 Å². The number of piperazine rings is 1. The number of nitrogens with one attached hydrogen (secondary N) is 1. The van der Waals surface area contributed by atoms with Gasteiger partial charge in [0.1, 0.15) is 5.82 Å². The second-order valence-corrected chi connectivity index (χ2v) is 7.39. The number of aromatic nitrogens is 1.